The lowest BCUT2D eigenvalue weighted by molar-refractivity contribution is 0.103. The number of ether oxygens (including phenoxy) is 1. The molecule has 28 heavy (non-hydrogen) atoms. The highest BCUT2D eigenvalue weighted by molar-refractivity contribution is 7.98. The first kappa shape index (κ1) is 19.0. The Balaban J connectivity index is 1.64. The number of carbonyl (C=O) groups excluding carboxylic acids is 1. The van der Waals surface area contributed by atoms with E-state index in [1.165, 1.54) is 42.4 Å². The van der Waals surface area contributed by atoms with Crippen LogP contribution in [0.1, 0.15) is 28.9 Å². The minimum atomic E-state index is -0.136. The molecule has 8 heteroatoms. The van der Waals surface area contributed by atoms with E-state index in [0.29, 0.717) is 4.88 Å². The summed E-state index contributed by atoms with van der Waals surface area (Å²) in [6.07, 6.45) is 5.59. The Morgan fingerprint density at radius 2 is 1.93 bits per heavy atom. The molecule has 0 unspecified atom stereocenters. The lowest BCUT2D eigenvalue weighted by Gasteiger charge is -2.28. The van der Waals surface area contributed by atoms with Crippen LogP contribution in [0.4, 0.5) is 11.5 Å². The first-order valence-electron chi connectivity index (χ1n) is 9.24. The maximum atomic E-state index is 12.8. The summed E-state index contributed by atoms with van der Waals surface area (Å²) >= 11 is 2.94. The van der Waals surface area contributed by atoms with Crippen LogP contribution in [0.15, 0.2) is 35.5 Å². The van der Waals surface area contributed by atoms with Gasteiger partial charge < -0.3 is 15.0 Å². The molecule has 1 saturated heterocycles. The number of amides is 1. The molecule has 0 bridgehead atoms. The highest BCUT2D eigenvalue weighted by atomic mass is 32.2. The summed E-state index contributed by atoms with van der Waals surface area (Å²) in [4.78, 5) is 26.0. The second-order valence-electron chi connectivity index (χ2n) is 6.59. The van der Waals surface area contributed by atoms with Crippen LogP contribution < -0.4 is 15.0 Å². The largest absolute Gasteiger partial charge is 0.497 e. The molecule has 3 aromatic rings. The van der Waals surface area contributed by atoms with Crippen molar-refractivity contribution in [2.75, 3.05) is 36.7 Å². The van der Waals surface area contributed by atoms with Crippen LogP contribution in [-0.2, 0) is 0 Å². The predicted octanol–water partition coefficient (Wildman–Crippen LogP) is 4.66. The SMILES string of the molecule is COc1ccc(NC(=O)c2cc3c(N4CCCCC4)nc(SC)nc3s2)cc1. The molecule has 1 aliphatic heterocycles. The first-order chi connectivity index (χ1) is 13.7. The van der Waals surface area contributed by atoms with Gasteiger partial charge in [0.05, 0.1) is 17.4 Å². The minimum absolute atomic E-state index is 0.136. The van der Waals surface area contributed by atoms with Crippen LogP contribution in [0.5, 0.6) is 5.75 Å². The van der Waals surface area contributed by atoms with Crippen LogP contribution in [0, 0.1) is 0 Å². The third-order valence-electron chi connectivity index (χ3n) is 4.76. The number of methoxy groups -OCH3 is 1. The fourth-order valence-electron chi connectivity index (χ4n) is 3.30. The van der Waals surface area contributed by atoms with Gasteiger partial charge in [-0.25, -0.2) is 9.97 Å². The molecule has 0 aliphatic carbocycles. The number of nitrogens with one attached hydrogen (secondary N) is 1. The van der Waals surface area contributed by atoms with Gasteiger partial charge >= 0.3 is 0 Å². The number of benzene rings is 1. The zero-order chi connectivity index (χ0) is 19.5. The molecular formula is C20H22N4O2S2. The smallest absolute Gasteiger partial charge is 0.265 e. The topological polar surface area (TPSA) is 67.3 Å². The third kappa shape index (κ3) is 3.93. The van der Waals surface area contributed by atoms with E-state index in [-0.39, 0.29) is 5.91 Å². The maximum absolute atomic E-state index is 12.8. The minimum Gasteiger partial charge on any atom is -0.497 e. The summed E-state index contributed by atoms with van der Waals surface area (Å²) in [6, 6.07) is 9.23. The quantitative estimate of drug-likeness (QED) is 0.484. The van der Waals surface area contributed by atoms with Gasteiger partial charge in [-0.3, -0.25) is 4.79 Å². The number of piperidine rings is 1. The van der Waals surface area contributed by atoms with Crippen molar-refractivity contribution < 1.29 is 9.53 Å². The Labute approximate surface area is 172 Å². The number of thiophene rings is 1. The lowest BCUT2D eigenvalue weighted by atomic mass is 10.1. The van der Waals surface area contributed by atoms with Crippen molar-refractivity contribution in [2.24, 2.45) is 0 Å². The van der Waals surface area contributed by atoms with Gasteiger partial charge in [0.25, 0.3) is 5.91 Å². The number of hydrogen-bond acceptors (Lipinski definition) is 7. The van der Waals surface area contributed by atoms with Crippen LogP contribution in [-0.4, -0.2) is 42.3 Å². The van der Waals surface area contributed by atoms with Crippen molar-refractivity contribution in [2.45, 2.75) is 24.4 Å². The highest BCUT2D eigenvalue weighted by Crippen LogP contribution is 2.34. The van der Waals surface area contributed by atoms with E-state index in [4.69, 9.17) is 9.72 Å². The highest BCUT2D eigenvalue weighted by Gasteiger charge is 2.21. The molecule has 0 spiro atoms. The average molecular weight is 415 g/mol. The summed E-state index contributed by atoms with van der Waals surface area (Å²) in [5, 5.41) is 4.66. The van der Waals surface area contributed by atoms with Crippen molar-refractivity contribution >= 4 is 50.7 Å². The van der Waals surface area contributed by atoms with Gasteiger partial charge in [-0.05, 0) is 55.9 Å². The van der Waals surface area contributed by atoms with E-state index in [0.717, 1.165) is 45.7 Å². The standard InChI is InChI=1S/C20H22N4O2S2/c1-26-14-8-6-13(7-9-14)21-18(25)16-12-15-17(24-10-4-3-5-11-24)22-20(27-2)23-19(15)28-16/h6-9,12H,3-5,10-11H2,1-2H3,(H,21,25). The molecule has 1 aliphatic rings. The van der Waals surface area contributed by atoms with E-state index in [1.54, 1.807) is 7.11 Å². The number of fused-ring (bicyclic) bond motifs is 1. The molecule has 0 saturated carbocycles. The number of rotatable bonds is 5. The summed E-state index contributed by atoms with van der Waals surface area (Å²) < 4.78 is 5.16. The predicted molar refractivity (Wildman–Crippen MR) is 116 cm³/mol. The van der Waals surface area contributed by atoms with Crippen molar-refractivity contribution in [1.29, 1.82) is 0 Å². The molecular weight excluding hydrogens is 392 g/mol. The van der Waals surface area contributed by atoms with Crippen molar-refractivity contribution in [3.63, 3.8) is 0 Å². The molecule has 4 rings (SSSR count). The fourth-order valence-corrected chi connectivity index (χ4v) is 4.64. The molecule has 1 N–H and O–H groups in total. The number of aromatic nitrogens is 2. The van der Waals surface area contributed by atoms with Crippen LogP contribution in [0.2, 0.25) is 0 Å². The van der Waals surface area contributed by atoms with Crippen molar-refractivity contribution in [3.8, 4) is 5.75 Å². The van der Waals surface area contributed by atoms with Crippen LogP contribution >= 0.6 is 23.1 Å². The zero-order valence-electron chi connectivity index (χ0n) is 15.9. The second-order valence-corrected chi connectivity index (χ2v) is 8.40. The van der Waals surface area contributed by atoms with E-state index < -0.39 is 0 Å². The summed E-state index contributed by atoms with van der Waals surface area (Å²) in [7, 11) is 1.62. The molecule has 146 valence electrons. The van der Waals surface area contributed by atoms with Crippen LogP contribution in [0.3, 0.4) is 0 Å². The van der Waals surface area contributed by atoms with Gasteiger partial charge in [0.1, 0.15) is 16.4 Å². The Kier molecular flexibility index (Phi) is 5.68. The Morgan fingerprint density at radius 3 is 2.61 bits per heavy atom. The number of hydrogen-bond donors (Lipinski definition) is 1. The van der Waals surface area contributed by atoms with Gasteiger partial charge in [-0.1, -0.05) is 11.8 Å². The Hall–Kier alpha value is -2.32. The monoisotopic (exact) mass is 414 g/mol. The zero-order valence-corrected chi connectivity index (χ0v) is 17.5. The number of thioether (sulfide) groups is 1. The summed E-state index contributed by atoms with van der Waals surface area (Å²) in [5.74, 6) is 1.57. The molecule has 6 nitrogen and oxygen atoms in total. The van der Waals surface area contributed by atoms with Gasteiger partial charge in [-0.15, -0.1) is 11.3 Å². The third-order valence-corrected chi connectivity index (χ3v) is 6.34. The average Bonchev–Trinajstić information content (AvgIpc) is 3.18. The van der Waals surface area contributed by atoms with E-state index in [9.17, 15) is 4.79 Å². The normalized spacial score (nSPS) is 14.3. The van der Waals surface area contributed by atoms with Gasteiger partial charge in [0, 0.05) is 18.8 Å². The van der Waals surface area contributed by atoms with Crippen molar-refractivity contribution in [3.05, 3.63) is 35.2 Å². The fraction of sp³-hybridized carbons (Fsp3) is 0.350. The molecule has 1 aromatic carbocycles. The molecule has 0 radical (unpaired) electrons. The van der Waals surface area contributed by atoms with Gasteiger partial charge in [-0.2, -0.15) is 0 Å². The Bertz CT molecular complexity index is 982. The molecule has 0 atom stereocenters. The van der Waals surface area contributed by atoms with Gasteiger partial charge in [0.15, 0.2) is 5.16 Å². The number of carbonyl (C=O) groups is 1. The molecule has 2 aromatic heterocycles. The molecule has 1 fully saturated rings. The number of nitrogens with zero attached hydrogens (tertiary/aromatic N) is 3. The summed E-state index contributed by atoms with van der Waals surface area (Å²) in [6.45, 7) is 2.01. The lowest BCUT2D eigenvalue weighted by Crippen LogP contribution is -2.30. The molecule has 1 amide bonds. The number of anilines is 2. The maximum Gasteiger partial charge on any atom is 0.265 e. The van der Waals surface area contributed by atoms with E-state index in [2.05, 4.69) is 15.2 Å². The van der Waals surface area contributed by atoms with Crippen LogP contribution in [0.25, 0.3) is 10.2 Å². The van der Waals surface area contributed by atoms with Crippen molar-refractivity contribution in [1.82, 2.24) is 9.97 Å². The first-order valence-corrected chi connectivity index (χ1v) is 11.3. The van der Waals surface area contributed by atoms with E-state index >= 15 is 0 Å². The second kappa shape index (κ2) is 8.36. The van der Waals surface area contributed by atoms with E-state index in [1.807, 2.05) is 36.6 Å². The van der Waals surface area contributed by atoms with Gasteiger partial charge in [0.2, 0.25) is 0 Å². The Morgan fingerprint density at radius 1 is 1.18 bits per heavy atom. The summed E-state index contributed by atoms with van der Waals surface area (Å²) in [5.41, 5.74) is 0.732. The molecule has 3 heterocycles.